The molecule has 1 atom stereocenters. The highest BCUT2D eigenvalue weighted by molar-refractivity contribution is 7.89. The third-order valence-electron chi connectivity index (χ3n) is 5.94. The van der Waals surface area contributed by atoms with Gasteiger partial charge in [0.15, 0.2) is 5.65 Å². The number of sulfonamides is 1. The first-order valence-electron chi connectivity index (χ1n) is 11.4. The van der Waals surface area contributed by atoms with Crippen LogP contribution >= 0.6 is 0 Å². The van der Waals surface area contributed by atoms with Crippen molar-refractivity contribution in [3.63, 3.8) is 0 Å². The predicted molar refractivity (Wildman–Crippen MR) is 134 cm³/mol. The molecule has 1 aliphatic heterocycles. The van der Waals surface area contributed by atoms with Crippen molar-refractivity contribution in [3.8, 4) is 11.3 Å². The van der Waals surface area contributed by atoms with E-state index in [0.717, 1.165) is 28.5 Å². The van der Waals surface area contributed by atoms with Crippen LogP contribution in [0.1, 0.15) is 19.0 Å². The van der Waals surface area contributed by atoms with Gasteiger partial charge < -0.3 is 10.6 Å². The molecule has 1 aliphatic rings. The second-order valence-corrected chi connectivity index (χ2v) is 10.6. The molecule has 0 aliphatic carbocycles. The van der Waals surface area contributed by atoms with Crippen LogP contribution in [-0.4, -0.2) is 52.4 Å². The summed E-state index contributed by atoms with van der Waals surface area (Å²) in [6, 6.07) is 20.2. The zero-order chi connectivity index (χ0) is 24.6. The van der Waals surface area contributed by atoms with Crippen LogP contribution in [0.4, 0.5) is 11.5 Å². The van der Waals surface area contributed by atoms with Gasteiger partial charge >= 0.3 is 0 Å². The molecule has 3 heterocycles. The van der Waals surface area contributed by atoms with Gasteiger partial charge in [0.2, 0.25) is 15.9 Å². The fraction of sp³-hybridized carbons (Fsp3) is 0.240. The van der Waals surface area contributed by atoms with E-state index in [0.29, 0.717) is 18.6 Å². The van der Waals surface area contributed by atoms with E-state index in [1.54, 1.807) is 28.8 Å². The van der Waals surface area contributed by atoms with Crippen molar-refractivity contribution in [2.45, 2.75) is 31.2 Å². The zero-order valence-electron chi connectivity index (χ0n) is 19.5. The smallest absolute Gasteiger partial charge is 0.243 e. The van der Waals surface area contributed by atoms with Crippen LogP contribution in [-0.2, 0) is 14.8 Å². The number of carbonyl (C=O) groups is 1. The summed E-state index contributed by atoms with van der Waals surface area (Å²) in [6.07, 6.45) is 0.601. The summed E-state index contributed by atoms with van der Waals surface area (Å²) < 4.78 is 29.3. The Kier molecular flexibility index (Phi) is 6.00. The molecule has 1 unspecified atom stereocenters. The molecule has 9 nitrogen and oxygen atoms in total. The first-order chi connectivity index (χ1) is 16.8. The zero-order valence-corrected chi connectivity index (χ0v) is 20.3. The largest absolute Gasteiger partial charge is 0.352 e. The molecule has 0 spiro atoms. The van der Waals surface area contributed by atoms with Crippen molar-refractivity contribution < 1.29 is 13.2 Å². The molecule has 0 bridgehead atoms. The molecule has 1 amide bonds. The second kappa shape index (κ2) is 9.12. The molecule has 2 aromatic heterocycles. The molecule has 180 valence electrons. The van der Waals surface area contributed by atoms with Gasteiger partial charge in [-0.15, -0.1) is 0 Å². The Morgan fingerprint density at radius 1 is 1.06 bits per heavy atom. The van der Waals surface area contributed by atoms with Crippen molar-refractivity contribution >= 4 is 33.1 Å². The lowest BCUT2D eigenvalue weighted by molar-refractivity contribution is -0.119. The summed E-state index contributed by atoms with van der Waals surface area (Å²) >= 11 is 0. The normalized spacial score (nSPS) is 16.5. The van der Waals surface area contributed by atoms with Gasteiger partial charge in [-0.3, -0.25) is 4.79 Å². The fourth-order valence-corrected chi connectivity index (χ4v) is 5.79. The van der Waals surface area contributed by atoms with Crippen molar-refractivity contribution in [1.82, 2.24) is 24.2 Å². The van der Waals surface area contributed by atoms with E-state index >= 15 is 0 Å². The van der Waals surface area contributed by atoms with Crippen molar-refractivity contribution in [3.05, 3.63) is 72.4 Å². The Labute approximate surface area is 203 Å². The minimum atomic E-state index is -3.64. The monoisotopic (exact) mass is 490 g/mol. The number of hydrogen-bond donors (Lipinski definition) is 2. The Morgan fingerprint density at radius 3 is 2.51 bits per heavy atom. The third kappa shape index (κ3) is 4.75. The summed E-state index contributed by atoms with van der Waals surface area (Å²) in [6.45, 7) is 4.00. The number of hydrogen-bond acceptors (Lipinski definition) is 6. The standard InChI is InChI=1S/C25H26N6O3S/c1-17-14-24-28-23(19-6-4-3-5-7-19)15-25(31(24)29-17)27-20-8-10-22(11-9-20)35(33,34)30-13-12-21(16-30)26-18(2)32/h3-11,14-15,21,27H,12-13,16H2,1-2H3,(H,26,32). The van der Waals surface area contributed by atoms with Crippen LogP contribution in [0.5, 0.6) is 0 Å². The van der Waals surface area contributed by atoms with E-state index < -0.39 is 10.0 Å². The summed E-state index contributed by atoms with van der Waals surface area (Å²) in [5.41, 5.74) is 4.08. The van der Waals surface area contributed by atoms with E-state index in [1.165, 1.54) is 11.2 Å². The molecule has 1 fully saturated rings. The Balaban J connectivity index is 1.40. The first kappa shape index (κ1) is 23.0. The molecule has 2 aromatic carbocycles. The van der Waals surface area contributed by atoms with Crippen molar-refractivity contribution in [2.75, 3.05) is 18.4 Å². The van der Waals surface area contributed by atoms with Gasteiger partial charge in [-0.05, 0) is 37.6 Å². The first-order valence-corrected chi connectivity index (χ1v) is 12.8. The van der Waals surface area contributed by atoms with Gasteiger partial charge in [-0.1, -0.05) is 30.3 Å². The van der Waals surface area contributed by atoms with Crippen molar-refractivity contribution in [2.24, 2.45) is 0 Å². The molecule has 35 heavy (non-hydrogen) atoms. The summed E-state index contributed by atoms with van der Waals surface area (Å²) in [7, 11) is -3.64. The predicted octanol–water partition coefficient (Wildman–Crippen LogP) is 3.35. The van der Waals surface area contributed by atoms with Crippen LogP contribution < -0.4 is 10.6 Å². The maximum absolute atomic E-state index is 13.1. The molecule has 4 aromatic rings. The third-order valence-corrected chi connectivity index (χ3v) is 7.82. The van der Waals surface area contributed by atoms with Gasteiger partial charge in [-0.2, -0.15) is 13.9 Å². The molecular weight excluding hydrogens is 464 g/mol. The maximum Gasteiger partial charge on any atom is 0.243 e. The molecule has 5 rings (SSSR count). The average molecular weight is 491 g/mol. The number of nitrogens with zero attached hydrogens (tertiary/aromatic N) is 4. The minimum Gasteiger partial charge on any atom is -0.352 e. The average Bonchev–Trinajstić information content (AvgIpc) is 3.46. The van der Waals surface area contributed by atoms with E-state index in [1.807, 2.05) is 49.4 Å². The van der Waals surface area contributed by atoms with E-state index in [9.17, 15) is 13.2 Å². The lowest BCUT2D eigenvalue weighted by Crippen LogP contribution is -2.37. The molecular formula is C25H26N6O3S. The Morgan fingerprint density at radius 2 is 1.80 bits per heavy atom. The number of nitrogens with one attached hydrogen (secondary N) is 2. The minimum absolute atomic E-state index is 0.155. The van der Waals surface area contributed by atoms with E-state index in [-0.39, 0.29) is 23.4 Å². The summed E-state index contributed by atoms with van der Waals surface area (Å²) in [5, 5.41) is 10.7. The van der Waals surface area contributed by atoms with Crippen LogP contribution in [0.25, 0.3) is 16.9 Å². The number of anilines is 2. The maximum atomic E-state index is 13.1. The molecule has 0 radical (unpaired) electrons. The Hall–Kier alpha value is -3.76. The van der Waals surface area contributed by atoms with Gasteiger partial charge in [0.05, 0.1) is 16.3 Å². The fourth-order valence-electron chi connectivity index (χ4n) is 4.29. The van der Waals surface area contributed by atoms with E-state index in [4.69, 9.17) is 4.98 Å². The lowest BCUT2D eigenvalue weighted by Gasteiger charge is -2.17. The highest BCUT2D eigenvalue weighted by Crippen LogP contribution is 2.27. The summed E-state index contributed by atoms with van der Waals surface area (Å²) in [4.78, 5) is 16.2. The second-order valence-electron chi connectivity index (χ2n) is 8.65. The number of rotatable bonds is 6. The quantitative estimate of drug-likeness (QED) is 0.429. The molecule has 0 saturated carbocycles. The topological polar surface area (TPSA) is 109 Å². The Bertz CT molecular complexity index is 1480. The number of aromatic nitrogens is 3. The van der Waals surface area contributed by atoms with Gasteiger partial charge in [0.25, 0.3) is 0 Å². The highest BCUT2D eigenvalue weighted by atomic mass is 32.2. The van der Waals surface area contributed by atoms with E-state index in [2.05, 4.69) is 15.7 Å². The van der Waals surface area contributed by atoms with Crippen LogP contribution in [0.3, 0.4) is 0 Å². The number of carbonyl (C=O) groups excluding carboxylic acids is 1. The van der Waals surface area contributed by atoms with Crippen LogP contribution in [0.2, 0.25) is 0 Å². The summed E-state index contributed by atoms with van der Waals surface area (Å²) in [5.74, 6) is 0.563. The molecule has 10 heteroatoms. The molecule has 1 saturated heterocycles. The number of aryl methyl sites for hydroxylation is 1. The van der Waals surface area contributed by atoms with Crippen LogP contribution in [0, 0.1) is 6.92 Å². The van der Waals surface area contributed by atoms with Crippen molar-refractivity contribution in [1.29, 1.82) is 0 Å². The van der Waals surface area contributed by atoms with Gasteiger partial charge in [-0.25, -0.2) is 13.4 Å². The highest BCUT2D eigenvalue weighted by Gasteiger charge is 2.32. The number of amides is 1. The number of fused-ring (bicyclic) bond motifs is 1. The number of benzene rings is 2. The lowest BCUT2D eigenvalue weighted by atomic mass is 10.1. The molecule has 2 N–H and O–H groups in total. The van der Waals surface area contributed by atoms with Gasteiger partial charge in [0, 0.05) is 49.4 Å². The van der Waals surface area contributed by atoms with Crippen LogP contribution in [0.15, 0.2) is 71.6 Å². The SMILES string of the molecule is CC(=O)NC1CCN(S(=O)(=O)c2ccc(Nc3cc(-c4ccccc4)nc4cc(C)nn34)cc2)C1. The van der Waals surface area contributed by atoms with Gasteiger partial charge in [0.1, 0.15) is 5.82 Å².